The van der Waals surface area contributed by atoms with Gasteiger partial charge in [0.15, 0.2) is 22.5 Å². The second-order valence-electron chi connectivity index (χ2n) is 8.10. The Labute approximate surface area is 191 Å². The molecule has 2 aromatic heterocycles. The first-order valence-corrected chi connectivity index (χ1v) is 11.2. The molecule has 3 aromatic rings. The minimum absolute atomic E-state index is 0.0562. The zero-order valence-electron chi connectivity index (χ0n) is 19.4. The van der Waals surface area contributed by atoms with Crippen LogP contribution in [0.5, 0.6) is 0 Å². The van der Waals surface area contributed by atoms with Crippen LogP contribution < -0.4 is 0 Å². The Balaban J connectivity index is 1.98. The summed E-state index contributed by atoms with van der Waals surface area (Å²) in [5, 5.41) is 8.77. The summed E-state index contributed by atoms with van der Waals surface area (Å²) in [5.41, 5.74) is 3.05. The molecule has 2 heterocycles. The normalized spacial score (nSPS) is 13.4. The third-order valence-corrected chi connectivity index (χ3v) is 6.62. The maximum Gasteiger partial charge on any atom is 0.196 e. The van der Waals surface area contributed by atoms with Gasteiger partial charge in [-0.1, -0.05) is 11.8 Å². The molecule has 0 bridgehead atoms. The molecule has 1 N–H and O–H groups in total. The highest BCUT2D eigenvalue weighted by molar-refractivity contribution is 8.00. The molecule has 0 radical (unpaired) electrons. The van der Waals surface area contributed by atoms with Crippen LogP contribution in [-0.4, -0.2) is 55.6 Å². The molecular weight excluding hydrogens is 429 g/mol. The maximum absolute atomic E-state index is 13.5. The van der Waals surface area contributed by atoms with E-state index in [0.29, 0.717) is 39.2 Å². The summed E-state index contributed by atoms with van der Waals surface area (Å²) in [4.78, 5) is 30.2. The summed E-state index contributed by atoms with van der Waals surface area (Å²) in [5.74, 6) is 0.156. The highest BCUT2D eigenvalue weighted by Gasteiger charge is 2.28. The number of nitrogens with one attached hydrogen (secondary N) is 1. The fraction of sp³-hybridized carbons (Fsp3) is 0.391. The van der Waals surface area contributed by atoms with Gasteiger partial charge in [0.1, 0.15) is 5.82 Å². The molecular formula is C23H28FN5O2S. The van der Waals surface area contributed by atoms with Gasteiger partial charge in [-0.25, -0.2) is 4.39 Å². The van der Waals surface area contributed by atoms with Gasteiger partial charge in [0.05, 0.1) is 17.0 Å². The van der Waals surface area contributed by atoms with Crippen LogP contribution in [0.1, 0.15) is 64.7 Å². The minimum Gasteiger partial charge on any atom is -0.355 e. The van der Waals surface area contributed by atoms with Crippen LogP contribution >= 0.6 is 11.8 Å². The summed E-state index contributed by atoms with van der Waals surface area (Å²) >= 11 is 1.28. The van der Waals surface area contributed by atoms with Crippen molar-refractivity contribution < 1.29 is 14.0 Å². The van der Waals surface area contributed by atoms with Crippen molar-refractivity contribution in [1.82, 2.24) is 24.6 Å². The average Bonchev–Trinajstić information content (AvgIpc) is 3.27. The van der Waals surface area contributed by atoms with Gasteiger partial charge in [-0.3, -0.25) is 19.1 Å². The number of Topliss-reactive ketones (excluding diaryl/α,β-unsaturated/α-hetero) is 2. The van der Waals surface area contributed by atoms with Crippen molar-refractivity contribution in [2.45, 2.75) is 51.1 Å². The first kappa shape index (κ1) is 23.9. The molecule has 0 aliphatic carbocycles. The van der Waals surface area contributed by atoms with Crippen LogP contribution in [0.25, 0.3) is 5.69 Å². The molecule has 0 fully saturated rings. The number of nitrogens with zero attached hydrogens (tertiary/aromatic N) is 4. The molecule has 0 amide bonds. The summed E-state index contributed by atoms with van der Waals surface area (Å²) < 4.78 is 15.4. The predicted molar refractivity (Wildman–Crippen MR) is 123 cm³/mol. The van der Waals surface area contributed by atoms with Crippen LogP contribution in [0.4, 0.5) is 4.39 Å². The average molecular weight is 458 g/mol. The largest absolute Gasteiger partial charge is 0.355 e. The lowest BCUT2D eigenvalue weighted by atomic mass is 10.0. The maximum atomic E-state index is 13.5. The minimum atomic E-state index is -0.488. The molecule has 32 heavy (non-hydrogen) atoms. The third kappa shape index (κ3) is 4.54. The number of H-pyrrole nitrogens is 1. The molecule has 2 atom stereocenters. The summed E-state index contributed by atoms with van der Waals surface area (Å²) in [7, 11) is 3.88. The van der Waals surface area contributed by atoms with Crippen molar-refractivity contribution in [2.75, 3.05) is 14.1 Å². The number of hydrogen-bond acceptors (Lipinski definition) is 6. The zero-order chi connectivity index (χ0) is 23.7. The van der Waals surface area contributed by atoms with Gasteiger partial charge in [0.25, 0.3) is 0 Å². The molecule has 0 saturated heterocycles. The van der Waals surface area contributed by atoms with E-state index in [2.05, 4.69) is 15.2 Å². The number of hydrogen-bond donors (Lipinski definition) is 1. The molecule has 0 aliphatic heterocycles. The van der Waals surface area contributed by atoms with Crippen LogP contribution in [0.15, 0.2) is 29.4 Å². The first-order chi connectivity index (χ1) is 15.0. The van der Waals surface area contributed by atoms with E-state index in [9.17, 15) is 14.0 Å². The lowest BCUT2D eigenvalue weighted by Gasteiger charge is -2.21. The Hall–Kier alpha value is -2.78. The van der Waals surface area contributed by atoms with Gasteiger partial charge in [-0.15, -0.1) is 10.2 Å². The Kier molecular flexibility index (Phi) is 7.00. The fourth-order valence-corrected chi connectivity index (χ4v) is 4.56. The van der Waals surface area contributed by atoms with Crippen molar-refractivity contribution in [2.24, 2.45) is 0 Å². The Bertz CT molecular complexity index is 1150. The van der Waals surface area contributed by atoms with Gasteiger partial charge < -0.3 is 4.98 Å². The summed E-state index contributed by atoms with van der Waals surface area (Å²) in [6, 6.07) is 6.05. The molecule has 170 valence electrons. The summed E-state index contributed by atoms with van der Waals surface area (Å²) in [6.07, 6.45) is 0. The van der Waals surface area contributed by atoms with E-state index >= 15 is 0 Å². The van der Waals surface area contributed by atoms with E-state index in [4.69, 9.17) is 0 Å². The van der Waals surface area contributed by atoms with Crippen molar-refractivity contribution in [3.05, 3.63) is 58.4 Å². The highest BCUT2D eigenvalue weighted by atomic mass is 32.2. The quantitative estimate of drug-likeness (QED) is 0.395. The van der Waals surface area contributed by atoms with Gasteiger partial charge in [-0.05, 0) is 78.5 Å². The van der Waals surface area contributed by atoms with Crippen molar-refractivity contribution in [3.8, 4) is 5.69 Å². The number of aromatic amines is 1. The van der Waals surface area contributed by atoms with Gasteiger partial charge >= 0.3 is 0 Å². The zero-order valence-corrected chi connectivity index (χ0v) is 20.2. The van der Waals surface area contributed by atoms with Crippen LogP contribution in [0.3, 0.4) is 0 Å². The molecule has 9 heteroatoms. The van der Waals surface area contributed by atoms with E-state index in [1.165, 1.54) is 30.8 Å². The fourth-order valence-electron chi connectivity index (χ4n) is 3.63. The van der Waals surface area contributed by atoms with Crippen LogP contribution in [0.2, 0.25) is 0 Å². The number of thioether (sulfide) groups is 1. The third-order valence-electron chi connectivity index (χ3n) is 5.58. The Morgan fingerprint density at radius 1 is 1.12 bits per heavy atom. The monoisotopic (exact) mass is 457 g/mol. The molecule has 0 spiro atoms. The Morgan fingerprint density at radius 2 is 1.75 bits per heavy atom. The van der Waals surface area contributed by atoms with Crippen molar-refractivity contribution >= 4 is 23.3 Å². The smallest absolute Gasteiger partial charge is 0.196 e. The number of rotatable bonds is 8. The van der Waals surface area contributed by atoms with E-state index in [1.807, 2.05) is 30.5 Å². The van der Waals surface area contributed by atoms with E-state index < -0.39 is 5.25 Å². The van der Waals surface area contributed by atoms with Crippen molar-refractivity contribution in [1.29, 1.82) is 0 Å². The van der Waals surface area contributed by atoms with Gasteiger partial charge in [0, 0.05) is 16.9 Å². The lowest BCUT2D eigenvalue weighted by molar-refractivity contribution is 0.0988. The molecule has 0 aliphatic rings. The number of benzene rings is 1. The first-order valence-electron chi connectivity index (χ1n) is 10.3. The number of carbonyl (C=O) groups excluding carboxylic acids is 2. The SMILES string of the molecule is CC(=O)c1c(C)[nH]c(C(=O)[C@H](C)Sc2nnc([C@@H](C)N(C)C)n2-c2ccc(F)cc2)c1C. The van der Waals surface area contributed by atoms with Crippen molar-refractivity contribution in [3.63, 3.8) is 0 Å². The Morgan fingerprint density at radius 3 is 2.28 bits per heavy atom. The van der Waals surface area contributed by atoms with E-state index in [-0.39, 0.29) is 23.4 Å². The number of aromatic nitrogens is 4. The summed E-state index contributed by atoms with van der Waals surface area (Å²) in [6.45, 7) is 8.87. The topological polar surface area (TPSA) is 83.9 Å². The molecule has 0 saturated carbocycles. The standard InChI is InChI=1S/C23H28FN5O2S/c1-12-19(15(4)30)13(2)25-20(12)21(31)16(5)32-23-27-26-22(14(3)28(6)7)29(23)18-10-8-17(24)9-11-18/h8-11,14,16,25H,1-7H3/t14-,16+/m1/s1. The second-order valence-corrected chi connectivity index (χ2v) is 9.41. The molecule has 1 aromatic carbocycles. The molecule has 7 nitrogen and oxygen atoms in total. The molecule has 0 unspecified atom stereocenters. The highest BCUT2D eigenvalue weighted by Crippen LogP contribution is 2.31. The number of aryl methyl sites for hydroxylation is 1. The van der Waals surface area contributed by atoms with Gasteiger partial charge in [-0.2, -0.15) is 0 Å². The predicted octanol–water partition coefficient (Wildman–Crippen LogP) is 4.54. The van der Waals surface area contributed by atoms with Crippen LogP contribution in [-0.2, 0) is 0 Å². The van der Waals surface area contributed by atoms with E-state index in [1.54, 1.807) is 32.9 Å². The van der Waals surface area contributed by atoms with Crippen LogP contribution in [0, 0.1) is 19.7 Å². The second kappa shape index (κ2) is 9.38. The number of halogens is 1. The number of ketones is 2. The number of carbonyl (C=O) groups is 2. The molecule has 3 rings (SSSR count). The van der Waals surface area contributed by atoms with E-state index in [0.717, 1.165) is 0 Å². The lowest BCUT2D eigenvalue weighted by Crippen LogP contribution is -2.21. The van der Waals surface area contributed by atoms with Gasteiger partial charge in [0.2, 0.25) is 0 Å².